The van der Waals surface area contributed by atoms with Crippen molar-refractivity contribution in [3.05, 3.63) is 53.2 Å². The van der Waals surface area contributed by atoms with Gasteiger partial charge in [-0.1, -0.05) is 6.92 Å². The second-order valence-electron chi connectivity index (χ2n) is 9.04. The number of methoxy groups -OCH3 is 1. The molecule has 1 atom stereocenters. The van der Waals surface area contributed by atoms with Crippen LogP contribution in [0.1, 0.15) is 35.8 Å². The molecule has 2 aromatic heterocycles. The van der Waals surface area contributed by atoms with Gasteiger partial charge in [0.15, 0.2) is 14.9 Å². The molecule has 0 radical (unpaired) electrons. The van der Waals surface area contributed by atoms with Crippen LogP contribution in [0.25, 0.3) is 0 Å². The number of nitrogens with zero attached hydrogens (tertiary/aromatic N) is 2. The third-order valence-electron chi connectivity index (χ3n) is 5.70. The summed E-state index contributed by atoms with van der Waals surface area (Å²) in [6, 6.07) is 7.55. The molecule has 0 aliphatic carbocycles. The van der Waals surface area contributed by atoms with Crippen LogP contribution in [0.2, 0.25) is 0 Å². The van der Waals surface area contributed by atoms with E-state index in [1.54, 1.807) is 24.6 Å². The molecule has 40 heavy (non-hydrogen) atoms. The number of carbonyl (C=O) groups is 1. The minimum absolute atomic E-state index is 0.0819. The molecule has 1 aliphatic rings. The zero-order valence-corrected chi connectivity index (χ0v) is 24.9. The quantitative estimate of drug-likeness (QED) is 0.282. The molecule has 0 saturated carbocycles. The van der Waals surface area contributed by atoms with E-state index in [9.17, 15) is 18.1 Å². The van der Waals surface area contributed by atoms with Crippen LogP contribution in [0.15, 0.2) is 46.9 Å². The van der Waals surface area contributed by atoms with Gasteiger partial charge in [-0.15, -0.1) is 0 Å². The summed E-state index contributed by atoms with van der Waals surface area (Å²) in [4.78, 5) is 32.1. The minimum atomic E-state index is -3.46. The predicted molar refractivity (Wildman–Crippen MR) is 151 cm³/mol. The fourth-order valence-corrected chi connectivity index (χ4v) is 7.00. The Labute approximate surface area is 237 Å². The Kier molecular flexibility index (Phi) is 10.1. The number of hydrogen-bond donors (Lipinski definition) is 2. The molecule has 218 valence electrons. The number of amides is 1. The van der Waals surface area contributed by atoms with E-state index >= 15 is 0 Å². The first-order valence-electron chi connectivity index (χ1n) is 12.5. The standard InChI is InChI=1S/C25H32N3O9PS2/c1-4-19(14-33-2)36-21-10-17(11-22(12-21)37-20-6-7-23(26-13-20)40(3,31)32)24(29)28-25-27-18(16-39-25)15-38(30)34-8-5-9-35-38/h6-7,10-13,16,19,30,38H,4-5,8-9,14-15H2,1-3H3,(H,27,28,29)/t19-/m0/s1. The normalized spacial score (nSPS) is 16.6. The number of pyridine rings is 1. The van der Waals surface area contributed by atoms with Gasteiger partial charge in [0.2, 0.25) is 0 Å². The summed E-state index contributed by atoms with van der Waals surface area (Å²) >= 11 is 1.22. The van der Waals surface area contributed by atoms with Crippen molar-refractivity contribution in [2.24, 2.45) is 0 Å². The van der Waals surface area contributed by atoms with Crippen LogP contribution in [0.3, 0.4) is 0 Å². The number of thiazole rings is 1. The zero-order chi connectivity index (χ0) is 28.8. The van der Waals surface area contributed by atoms with Crippen molar-refractivity contribution in [2.45, 2.75) is 37.1 Å². The Hall–Kier alpha value is -2.71. The van der Waals surface area contributed by atoms with E-state index < -0.39 is 23.7 Å². The van der Waals surface area contributed by atoms with Crippen molar-refractivity contribution in [3.63, 3.8) is 0 Å². The van der Waals surface area contributed by atoms with Gasteiger partial charge in [-0.3, -0.25) is 0 Å². The monoisotopic (exact) mass is 613 g/mol. The third kappa shape index (κ3) is 8.40. The van der Waals surface area contributed by atoms with Gasteiger partial charge in [-0.05, 0) is 6.07 Å². The molecular weight excluding hydrogens is 581 g/mol. The van der Waals surface area contributed by atoms with Crippen molar-refractivity contribution in [1.82, 2.24) is 9.97 Å². The summed E-state index contributed by atoms with van der Waals surface area (Å²) in [5.41, 5.74) is 0.803. The molecule has 3 heterocycles. The van der Waals surface area contributed by atoms with Gasteiger partial charge >= 0.3 is 178 Å². The summed E-state index contributed by atoms with van der Waals surface area (Å²) in [5, 5.41) is 4.76. The summed E-state index contributed by atoms with van der Waals surface area (Å²) < 4.78 is 51.5. The summed E-state index contributed by atoms with van der Waals surface area (Å²) in [6.45, 7) is 3.20. The Morgan fingerprint density at radius 1 is 1.20 bits per heavy atom. The number of carbonyl (C=O) groups excluding carboxylic acids is 1. The topological polar surface area (TPSA) is 155 Å². The molecule has 1 aliphatic heterocycles. The Morgan fingerprint density at radius 3 is 2.60 bits per heavy atom. The maximum atomic E-state index is 13.2. The number of sulfone groups is 1. The maximum absolute atomic E-state index is 13.2. The van der Waals surface area contributed by atoms with Gasteiger partial charge in [0.25, 0.3) is 0 Å². The molecule has 1 fully saturated rings. The molecule has 2 N–H and O–H groups in total. The van der Waals surface area contributed by atoms with Crippen LogP contribution in [0.4, 0.5) is 5.13 Å². The van der Waals surface area contributed by atoms with E-state index in [4.69, 9.17) is 23.3 Å². The predicted octanol–water partition coefficient (Wildman–Crippen LogP) is 4.21. The average molecular weight is 614 g/mol. The van der Waals surface area contributed by atoms with Crippen LogP contribution < -0.4 is 14.8 Å². The molecule has 1 amide bonds. The number of nitrogens with one attached hydrogen (secondary N) is 1. The number of anilines is 1. The van der Waals surface area contributed by atoms with Crippen LogP contribution >= 0.6 is 19.3 Å². The van der Waals surface area contributed by atoms with Gasteiger partial charge in [-0.2, -0.15) is 0 Å². The number of hydrogen-bond acceptors (Lipinski definition) is 12. The summed E-state index contributed by atoms with van der Waals surface area (Å²) in [7, 11) is -5.20. The zero-order valence-electron chi connectivity index (χ0n) is 22.3. The van der Waals surface area contributed by atoms with Crippen LogP contribution in [0.5, 0.6) is 17.2 Å². The Balaban J connectivity index is 1.53. The van der Waals surface area contributed by atoms with E-state index in [1.165, 1.54) is 35.7 Å². The van der Waals surface area contributed by atoms with Crippen LogP contribution in [0, 0.1) is 0 Å². The fourth-order valence-electron chi connectivity index (χ4n) is 3.74. The van der Waals surface area contributed by atoms with Crippen molar-refractivity contribution in [2.75, 3.05) is 38.5 Å². The first-order valence-corrected chi connectivity index (χ1v) is 17.2. The van der Waals surface area contributed by atoms with Gasteiger partial charge < -0.3 is 4.74 Å². The Bertz CT molecular complexity index is 1410. The molecule has 1 saturated heterocycles. The van der Waals surface area contributed by atoms with Crippen LogP contribution in [-0.2, 0) is 29.8 Å². The van der Waals surface area contributed by atoms with E-state index in [0.29, 0.717) is 42.8 Å². The molecule has 4 rings (SSSR count). The number of ether oxygens (including phenoxy) is 3. The second kappa shape index (κ2) is 13.3. The van der Waals surface area contributed by atoms with E-state index in [-0.39, 0.29) is 34.4 Å². The van der Waals surface area contributed by atoms with E-state index in [2.05, 4.69) is 15.3 Å². The van der Waals surface area contributed by atoms with Crippen molar-refractivity contribution >= 4 is 40.2 Å². The molecule has 0 spiro atoms. The molecule has 1 aromatic carbocycles. The van der Waals surface area contributed by atoms with Gasteiger partial charge in [-0.25, -0.2) is 13.4 Å². The molecule has 0 unspecified atom stereocenters. The van der Waals surface area contributed by atoms with Crippen molar-refractivity contribution in [1.29, 1.82) is 0 Å². The SMILES string of the molecule is CC[C@@H](COC)Oc1cc(Oc2ccc(S(C)(=O)=O)nc2)cc(C(=O)Nc2nc(C[PH]3(O)OCCCO3)cs2)c1. The molecule has 12 nitrogen and oxygen atoms in total. The van der Waals surface area contributed by atoms with Crippen LogP contribution in [-0.4, -0.2) is 68.5 Å². The first-order chi connectivity index (χ1) is 19.1. The van der Waals surface area contributed by atoms with Gasteiger partial charge in [0.05, 0.1) is 0 Å². The van der Waals surface area contributed by atoms with Crippen molar-refractivity contribution in [3.8, 4) is 17.2 Å². The number of aromatic nitrogens is 2. The molecule has 3 aromatic rings. The Morgan fingerprint density at radius 2 is 1.95 bits per heavy atom. The van der Waals surface area contributed by atoms with Gasteiger partial charge in [0, 0.05) is 13.4 Å². The number of benzene rings is 1. The van der Waals surface area contributed by atoms with Crippen molar-refractivity contribution < 1.29 is 41.4 Å². The van der Waals surface area contributed by atoms with E-state index in [1.807, 2.05) is 6.92 Å². The third-order valence-corrected chi connectivity index (χ3v) is 9.63. The van der Waals surface area contributed by atoms with E-state index in [0.717, 1.165) is 12.7 Å². The summed E-state index contributed by atoms with van der Waals surface area (Å²) in [6.07, 6.45) is 3.66. The molecular formula is C25H32N3O9PS2. The first kappa shape index (κ1) is 30.3. The van der Waals surface area contributed by atoms with Gasteiger partial charge in [0.1, 0.15) is 0 Å². The average Bonchev–Trinajstić information content (AvgIpc) is 3.34. The second-order valence-corrected chi connectivity index (χ2v) is 14.2. The fraction of sp³-hybridized carbons (Fsp3) is 0.400. The number of rotatable bonds is 12. The molecule has 15 heteroatoms. The summed E-state index contributed by atoms with van der Waals surface area (Å²) in [5.74, 6) is 0.483. The molecule has 0 bridgehead atoms.